The monoisotopic (exact) mass is 317 g/mol. The van der Waals surface area contributed by atoms with Gasteiger partial charge in [-0.15, -0.1) is 0 Å². The molecule has 0 amide bonds. The fourth-order valence-electron chi connectivity index (χ4n) is 1.58. The molecule has 6 heteroatoms. The SMILES string of the molecule is CCOC(=O)c1c[nH]c(C(=O)OCC)c1CCBr. The number of halogens is 1. The van der Waals surface area contributed by atoms with Crippen molar-refractivity contribution >= 4 is 27.9 Å². The molecule has 0 unspecified atom stereocenters. The fourth-order valence-corrected chi connectivity index (χ4v) is 1.98. The van der Waals surface area contributed by atoms with Gasteiger partial charge >= 0.3 is 11.9 Å². The van der Waals surface area contributed by atoms with E-state index < -0.39 is 11.9 Å². The quantitative estimate of drug-likeness (QED) is 0.645. The molecule has 0 radical (unpaired) electrons. The molecule has 0 aliphatic carbocycles. The summed E-state index contributed by atoms with van der Waals surface area (Å²) < 4.78 is 9.87. The summed E-state index contributed by atoms with van der Waals surface area (Å²) in [6.07, 6.45) is 2.04. The minimum atomic E-state index is -0.455. The van der Waals surface area contributed by atoms with Gasteiger partial charge in [0.15, 0.2) is 0 Å². The predicted octanol–water partition coefficient (Wildman–Crippen LogP) is 2.31. The summed E-state index contributed by atoms with van der Waals surface area (Å²) in [4.78, 5) is 26.2. The van der Waals surface area contributed by atoms with Crippen LogP contribution in [0.15, 0.2) is 6.20 Å². The summed E-state index contributed by atoms with van der Waals surface area (Å²) in [5.41, 5.74) is 1.34. The Balaban J connectivity index is 3.05. The molecule has 0 bridgehead atoms. The van der Waals surface area contributed by atoms with Gasteiger partial charge in [0.2, 0.25) is 0 Å². The fraction of sp³-hybridized carbons (Fsp3) is 0.500. The standard InChI is InChI=1S/C12H16BrNO4/c1-3-17-11(15)9-7-14-10(8(9)5-6-13)12(16)18-4-2/h7,14H,3-6H2,1-2H3. The number of H-pyrrole nitrogens is 1. The molecule has 0 spiro atoms. The first kappa shape index (κ1) is 14.8. The Bertz CT molecular complexity index is 392. The van der Waals surface area contributed by atoms with E-state index in [4.69, 9.17) is 9.47 Å². The van der Waals surface area contributed by atoms with Crippen LogP contribution in [0, 0.1) is 0 Å². The number of alkyl halides is 1. The van der Waals surface area contributed by atoms with E-state index >= 15 is 0 Å². The molecule has 100 valence electrons. The molecular weight excluding hydrogens is 302 g/mol. The average molecular weight is 318 g/mol. The van der Waals surface area contributed by atoms with E-state index in [9.17, 15) is 9.59 Å². The Morgan fingerprint density at radius 2 is 1.83 bits per heavy atom. The molecule has 1 N–H and O–H groups in total. The van der Waals surface area contributed by atoms with Gasteiger partial charge < -0.3 is 14.5 Å². The Kier molecular flexibility index (Phi) is 5.91. The minimum absolute atomic E-state index is 0.292. The number of carbonyl (C=O) groups is 2. The van der Waals surface area contributed by atoms with Crippen LogP contribution in [0.3, 0.4) is 0 Å². The van der Waals surface area contributed by atoms with Gasteiger partial charge in [0.25, 0.3) is 0 Å². The molecular formula is C12H16BrNO4. The van der Waals surface area contributed by atoms with Crippen LogP contribution in [0.2, 0.25) is 0 Å². The summed E-state index contributed by atoms with van der Waals surface area (Å²) in [5.74, 6) is -0.885. The van der Waals surface area contributed by atoms with Crippen molar-refractivity contribution in [3.8, 4) is 0 Å². The maximum atomic E-state index is 11.7. The van der Waals surface area contributed by atoms with Crippen molar-refractivity contribution in [3.63, 3.8) is 0 Å². The van der Waals surface area contributed by atoms with E-state index in [2.05, 4.69) is 20.9 Å². The van der Waals surface area contributed by atoms with Crippen molar-refractivity contribution in [1.82, 2.24) is 4.98 Å². The van der Waals surface area contributed by atoms with E-state index in [1.54, 1.807) is 13.8 Å². The lowest BCUT2D eigenvalue weighted by atomic mass is 10.1. The Morgan fingerprint density at radius 1 is 1.22 bits per heavy atom. The number of carbonyl (C=O) groups excluding carboxylic acids is 2. The maximum Gasteiger partial charge on any atom is 0.355 e. The third-order valence-corrected chi connectivity index (χ3v) is 2.70. The van der Waals surface area contributed by atoms with Gasteiger partial charge in [-0.25, -0.2) is 9.59 Å². The lowest BCUT2D eigenvalue weighted by Crippen LogP contribution is -2.11. The van der Waals surface area contributed by atoms with Crippen LogP contribution < -0.4 is 0 Å². The molecule has 0 saturated carbocycles. The molecule has 0 aliphatic heterocycles. The molecule has 1 aromatic rings. The zero-order chi connectivity index (χ0) is 13.5. The predicted molar refractivity (Wildman–Crippen MR) is 70.2 cm³/mol. The third kappa shape index (κ3) is 3.35. The van der Waals surface area contributed by atoms with Crippen molar-refractivity contribution in [3.05, 3.63) is 23.0 Å². The second-order valence-electron chi connectivity index (χ2n) is 3.44. The summed E-state index contributed by atoms with van der Waals surface area (Å²) in [5, 5.41) is 0.643. The van der Waals surface area contributed by atoms with Gasteiger partial charge in [0.05, 0.1) is 18.8 Å². The topological polar surface area (TPSA) is 68.4 Å². The van der Waals surface area contributed by atoms with Gasteiger partial charge in [-0.1, -0.05) is 15.9 Å². The first-order valence-electron chi connectivity index (χ1n) is 5.76. The highest BCUT2D eigenvalue weighted by Gasteiger charge is 2.22. The molecule has 0 saturated heterocycles. The summed E-state index contributed by atoms with van der Waals surface area (Å²) in [7, 11) is 0. The summed E-state index contributed by atoms with van der Waals surface area (Å²) >= 11 is 3.30. The van der Waals surface area contributed by atoms with Crippen molar-refractivity contribution in [1.29, 1.82) is 0 Å². The number of hydrogen-bond donors (Lipinski definition) is 1. The highest BCUT2D eigenvalue weighted by atomic mass is 79.9. The van der Waals surface area contributed by atoms with E-state index in [-0.39, 0.29) is 0 Å². The largest absolute Gasteiger partial charge is 0.462 e. The van der Waals surface area contributed by atoms with Crippen molar-refractivity contribution in [2.45, 2.75) is 20.3 Å². The number of aromatic nitrogens is 1. The van der Waals surface area contributed by atoms with Crippen LogP contribution in [0.4, 0.5) is 0 Å². The number of ether oxygens (including phenoxy) is 2. The van der Waals surface area contributed by atoms with E-state index in [1.807, 2.05) is 0 Å². The van der Waals surface area contributed by atoms with Crippen LogP contribution in [0.5, 0.6) is 0 Å². The normalized spacial score (nSPS) is 10.2. The number of hydrogen-bond acceptors (Lipinski definition) is 4. The number of rotatable bonds is 6. The Morgan fingerprint density at radius 3 is 2.39 bits per heavy atom. The van der Waals surface area contributed by atoms with Crippen molar-refractivity contribution in [2.75, 3.05) is 18.5 Å². The van der Waals surface area contributed by atoms with Gasteiger partial charge in [-0.05, 0) is 25.8 Å². The molecule has 1 heterocycles. The second-order valence-corrected chi connectivity index (χ2v) is 4.23. The van der Waals surface area contributed by atoms with Crippen LogP contribution in [-0.4, -0.2) is 35.5 Å². The molecule has 1 aromatic heterocycles. The molecule has 0 aliphatic rings. The average Bonchev–Trinajstić information content (AvgIpc) is 2.74. The summed E-state index contributed by atoms with van der Waals surface area (Å²) in [6.45, 7) is 4.06. The molecule has 5 nitrogen and oxygen atoms in total. The molecule has 1 rings (SSSR count). The third-order valence-electron chi connectivity index (χ3n) is 2.31. The smallest absolute Gasteiger partial charge is 0.355 e. The van der Waals surface area contributed by atoms with Crippen LogP contribution in [-0.2, 0) is 15.9 Å². The van der Waals surface area contributed by atoms with Crippen molar-refractivity contribution in [2.24, 2.45) is 0 Å². The lowest BCUT2D eigenvalue weighted by Gasteiger charge is -2.05. The van der Waals surface area contributed by atoms with Crippen LogP contribution >= 0.6 is 15.9 Å². The highest BCUT2D eigenvalue weighted by molar-refractivity contribution is 9.09. The van der Waals surface area contributed by atoms with Gasteiger partial charge in [0.1, 0.15) is 5.69 Å². The Labute approximate surface area is 114 Å². The van der Waals surface area contributed by atoms with Gasteiger partial charge in [0, 0.05) is 11.5 Å². The van der Waals surface area contributed by atoms with Crippen LogP contribution in [0.1, 0.15) is 40.3 Å². The highest BCUT2D eigenvalue weighted by Crippen LogP contribution is 2.18. The number of nitrogens with one attached hydrogen (secondary N) is 1. The molecule has 0 fully saturated rings. The lowest BCUT2D eigenvalue weighted by molar-refractivity contribution is 0.0518. The molecule has 18 heavy (non-hydrogen) atoms. The van der Waals surface area contributed by atoms with Gasteiger partial charge in [-0.3, -0.25) is 0 Å². The van der Waals surface area contributed by atoms with E-state index in [0.717, 1.165) is 0 Å². The first-order chi connectivity index (χ1) is 8.65. The van der Waals surface area contributed by atoms with Gasteiger partial charge in [-0.2, -0.15) is 0 Å². The molecule has 0 aromatic carbocycles. The number of esters is 2. The summed E-state index contributed by atoms with van der Waals surface area (Å²) in [6, 6.07) is 0. The zero-order valence-electron chi connectivity index (χ0n) is 10.4. The Hall–Kier alpha value is -1.30. The van der Waals surface area contributed by atoms with Crippen molar-refractivity contribution < 1.29 is 19.1 Å². The zero-order valence-corrected chi connectivity index (χ0v) is 12.0. The first-order valence-corrected chi connectivity index (χ1v) is 6.88. The minimum Gasteiger partial charge on any atom is -0.462 e. The van der Waals surface area contributed by atoms with E-state index in [1.165, 1.54) is 6.20 Å². The van der Waals surface area contributed by atoms with E-state index in [0.29, 0.717) is 41.8 Å². The van der Waals surface area contributed by atoms with Crippen LogP contribution in [0.25, 0.3) is 0 Å². The molecule has 0 atom stereocenters. The second kappa shape index (κ2) is 7.20. The maximum absolute atomic E-state index is 11.7. The number of aromatic amines is 1.